The minimum atomic E-state index is -1.22. The lowest BCUT2D eigenvalue weighted by atomic mass is 9.92. The van der Waals surface area contributed by atoms with Gasteiger partial charge in [-0.25, -0.2) is 9.31 Å². The van der Waals surface area contributed by atoms with Crippen LogP contribution in [0.4, 0.5) is 21.9 Å². The van der Waals surface area contributed by atoms with Gasteiger partial charge in [-0.05, 0) is 100 Å². The fourth-order valence-corrected chi connectivity index (χ4v) is 10.2. The summed E-state index contributed by atoms with van der Waals surface area (Å²) in [5.74, 6) is 0.145. The molecule has 322 valence electrons. The molecule has 0 bridgehead atoms. The number of carbonyl (C=O) groups is 3. The van der Waals surface area contributed by atoms with Gasteiger partial charge >= 0.3 is 6.03 Å². The molecule has 5 saturated heterocycles. The molecule has 3 N–H and O–H groups in total. The van der Waals surface area contributed by atoms with Crippen molar-refractivity contribution in [1.29, 1.82) is 5.26 Å². The highest BCUT2D eigenvalue weighted by Crippen LogP contribution is 2.35. The van der Waals surface area contributed by atoms with Crippen LogP contribution in [0.3, 0.4) is 0 Å². The Hall–Kier alpha value is -5.86. The minimum absolute atomic E-state index is 0.215. The van der Waals surface area contributed by atoms with E-state index in [4.69, 9.17) is 5.10 Å². The van der Waals surface area contributed by atoms with Gasteiger partial charge in [0, 0.05) is 118 Å². The van der Waals surface area contributed by atoms with Crippen LogP contribution in [0, 0.1) is 17.2 Å². The molecule has 0 aliphatic carbocycles. The Bertz CT molecular complexity index is 2540. The van der Waals surface area contributed by atoms with Crippen LogP contribution in [0.2, 0.25) is 0 Å². The number of amides is 4. The third kappa shape index (κ3) is 7.90. The van der Waals surface area contributed by atoms with Gasteiger partial charge in [0.05, 0.1) is 34.4 Å². The number of aliphatic hydroxyl groups is 1. The lowest BCUT2D eigenvalue weighted by Crippen LogP contribution is -2.70. The largest absolute Gasteiger partial charge is 0.386 e. The minimum Gasteiger partial charge on any atom is -0.386 e. The van der Waals surface area contributed by atoms with Gasteiger partial charge in [0.2, 0.25) is 5.91 Å². The topological polar surface area (TPSA) is 171 Å². The highest BCUT2D eigenvalue weighted by molar-refractivity contribution is 6.06. The Morgan fingerprint density at radius 2 is 1.61 bits per heavy atom. The van der Waals surface area contributed by atoms with Crippen LogP contribution in [-0.2, 0) is 10.4 Å². The van der Waals surface area contributed by atoms with E-state index in [0.717, 1.165) is 74.6 Å². The monoisotopic (exact) mass is 838 g/mol. The molecule has 0 atom stereocenters. The van der Waals surface area contributed by atoms with E-state index in [1.54, 1.807) is 36.9 Å². The smallest absolute Gasteiger partial charge is 0.328 e. The molecule has 16 heteroatoms. The molecule has 5 fully saturated rings. The van der Waals surface area contributed by atoms with Gasteiger partial charge in [0.15, 0.2) is 0 Å². The fraction of sp³-hybridized carbons (Fsp3) is 0.478. The van der Waals surface area contributed by atoms with Gasteiger partial charge in [-0.1, -0.05) is 0 Å². The highest BCUT2D eigenvalue weighted by atomic mass is 16.3. The van der Waals surface area contributed by atoms with Gasteiger partial charge < -0.3 is 15.3 Å². The van der Waals surface area contributed by atoms with E-state index >= 15 is 0 Å². The summed E-state index contributed by atoms with van der Waals surface area (Å²) in [5, 5.41) is 36.0. The second-order valence-corrected chi connectivity index (χ2v) is 18.4. The van der Waals surface area contributed by atoms with Crippen LogP contribution < -0.4 is 20.4 Å². The molecule has 8 heterocycles. The van der Waals surface area contributed by atoms with Crippen LogP contribution in [0.1, 0.15) is 73.6 Å². The Balaban J connectivity index is 0.670. The second-order valence-electron chi connectivity index (χ2n) is 18.4. The van der Waals surface area contributed by atoms with Crippen LogP contribution in [0.15, 0.2) is 67.0 Å². The summed E-state index contributed by atoms with van der Waals surface area (Å²) in [7, 11) is 0. The summed E-state index contributed by atoms with van der Waals surface area (Å²) in [6.45, 7) is 13.8. The molecule has 5 aliphatic heterocycles. The number of imide groups is 1. The standard InChI is InChI=1S/C46H54N12O4/c1-46(2,62)39-21-40-32(20-41(39)49-44(60)42-8-7-36-19-31(22-47)23-48-58(36)42)25-57(51-40)35-11-16-54(17-12-35)38-28-55(29-38)37-26-52(27-37)24-30-9-14-53(15-10-30)33-3-5-34(6-4-33)56-18-13-43(59)50-45(56)61/h3-8,19-21,23,25,30,35,37-38,62H,9-18,24,26-29H2,1-2H3,(H,49,60)(H,50,59,61). The quantitative estimate of drug-likeness (QED) is 0.182. The molecule has 62 heavy (non-hydrogen) atoms. The first-order chi connectivity index (χ1) is 29.9. The number of nitrogens with one attached hydrogen (secondary N) is 2. The molecule has 5 aliphatic rings. The van der Waals surface area contributed by atoms with Gasteiger partial charge in [-0.3, -0.25) is 39.2 Å². The fourth-order valence-electron chi connectivity index (χ4n) is 10.2. The second kappa shape index (κ2) is 16.1. The Morgan fingerprint density at radius 3 is 2.32 bits per heavy atom. The van der Waals surface area contributed by atoms with Crippen LogP contribution >= 0.6 is 0 Å². The maximum absolute atomic E-state index is 13.5. The molecule has 4 amide bonds. The molecule has 0 unspecified atom stereocenters. The van der Waals surface area contributed by atoms with Gasteiger partial charge in [-0.2, -0.15) is 15.5 Å². The van der Waals surface area contributed by atoms with E-state index in [0.29, 0.717) is 53.1 Å². The first-order valence-corrected chi connectivity index (χ1v) is 22.1. The van der Waals surface area contributed by atoms with Crippen molar-refractivity contribution in [3.05, 3.63) is 83.8 Å². The molecular formula is C46H54N12O4. The summed E-state index contributed by atoms with van der Waals surface area (Å²) in [5.41, 5.74) is 4.07. The van der Waals surface area contributed by atoms with Crippen LogP contribution in [0.25, 0.3) is 16.4 Å². The van der Waals surface area contributed by atoms with E-state index in [9.17, 15) is 24.8 Å². The SMILES string of the molecule is CC(C)(O)c1cc2nn(C3CCN(C4CN(C5CN(CC6CCN(c7ccc(N8CCC(=O)NC8=O)cc7)CC6)C5)C4)CC3)cc2cc1NC(=O)c1ccc2cc(C#N)cnn12. The van der Waals surface area contributed by atoms with Crippen LogP contribution in [0.5, 0.6) is 0 Å². The first kappa shape index (κ1) is 40.2. The molecule has 10 rings (SSSR count). The number of fused-ring (bicyclic) bond motifs is 2. The van der Waals surface area contributed by atoms with Crippen molar-refractivity contribution in [2.24, 2.45) is 5.92 Å². The summed E-state index contributed by atoms with van der Waals surface area (Å²) < 4.78 is 3.59. The van der Waals surface area contributed by atoms with Gasteiger partial charge in [0.25, 0.3) is 5.91 Å². The molecule has 5 aromatic rings. The molecule has 3 aromatic heterocycles. The number of nitrogens with zero attached hydrogens (tertiary/aromatic N) is 10. The van der Waals surface area contributed by atoms with Crippen molar-refractivity contribution in [2.45, 2.75) is 69.7 Å². The van der Waals surface area contributed by atoms with Crippen molar-refractivity contribution < 1.29 is 19.5 Å². The number of benzene rings is 2. The van der Waals surface area contributed by atoms with Gasteiger partial charge in [0.1, 0.15) is 11.8 Å². The number of rotatable bonds is 10. The summed E-state index contributed by atoms with van der Waals surface area (Å²) in [6, 6.07) is 20.4. The Labute approximate surface area is 360 Å². The van der Waals surface area contributed by atoms with E-state index in [1.165, 1.54) is 48.9 Å². The first-order valence-electron chi connectivity index (χ1n) is 22.1. The van der Waals surface area contributed by atoms with E-state index in [1.807, 2.05) is 24.3 Å². The Morgan fingerprint density at radius 1 is 0.887 bits per heavy atom. The number of carbonyl (C=O) groups excluding carboxylic acids is 3. The predicted octanol–water partition coefficient (Wildman–Crippen LogP) is 4.40. The molecule has 0 spiro atoms. The molecular weight excluding hydrogens is 785 g/mol. The van der Waals surface area contributed by atoms with Crippen LogP contribution in [-0.4, -0.2) is 135 Å². The maximum Gasteiger partial charge on any atom is 0.328 e. The highest BCUT2D eigenvalue weighted by Gasteiger charge is 2.42. The number of piperidine rings is 2. The zero-order valence-electron chi connectivity index (χ0n) is 35.4. The van der Waals surface area contributed by atoms with Crippen molar-refractivity contribution in [1.82, 2.24) is 39.4 Å². The lowest BCUT2D eigenvalue weighted by Gasteiger charge is -2.55. The third-order valence-corrected chi connectivity index (χ3v) is 13.9. The summed E-state index contributed by atoms with van der Waals surface area (Å²) in [6.07, 6.45) is 8.26. The number of nitriles is 1. The zero-order chi connectivity index (χ0) is 42.7. The average molecular weight is 839 g/mol. The van der Waals surface area contributed by atoms with Crippen molar-refractivity contribution in [3.8, 4) is 6.07 Å². The number of hydrogen-bond donors (Lipinski definition) is 3. The summed E-state index contributed by atoms with van der Waals surface area (Å²) in [4.78, 5) is 49.4. The van der Waals surface area contributed by atoms with Gasteiger partial charge in [-0.15, -0.1) is 0 Å². The Kier molecular flexibility index (Phi) is 10.5. The number of aromatic nitrogens is 4. The molecule has 0 radical (unpaired) electrons. The average Bonchev–Trinajstić information content (AvgIpc) is 3.86. The van der Waals surface area contributed by atoms with Crippen molar-refractivity contribution in [2.75, 3.05) is 80.6 Å². The number of likely N-dealkylation sites (tertiary alicyclic amines) is 3. The molecule has 2 aromatic carbocycles. The molecule has 0 saturated carbocycles. The third-order valence-electron chi connectivity index (χ3n) is 13.9. The number of anilines is 3. The van der Waals surface area contributed by atoms with E-state index in [-0.39, 0.29) is 23.9 Å². The summed E-state index contributed by atoms with van der Waals surface area (Å²) >= 11 is 0. The molecule has 16 nitrogen and oxygen atoms in total. The van der Waals surface area contributed by atoms with Crippen molar-refractivity contribution >= 4 is 51.3 Å². The predicted molar refractivity (Wildman–Crippen MR) is 235 cm³/mol. The number of hydrogen-bond acceptors (Lipinski definition) is 11. The maximum atomic E-state index is 13.5. The number of urea groups is 1. The zero-order valence-corrected chi connectivity index (χ0v) is 35.4. The van der Waals surface area contributed by atoms with E-state index in [2.05, 4.69) is 64.4 Å². The van der Waals surface area contributed by atoms with E-state index < -0.39 is 5.60 Å². The normalized spacial score (nSPS) is 20.7. The van der Waals surface area contributed by atoms with Crippen molar-refractivity contribution in [3.63, 3.8) is 0 Å². The lowest BCUT2D eigenvalue weighted by molar-refractivity contribution is -0.120.